The Bertz CT molecular complexity index is 280. The van der Waals surface area contributed by atoms with Gasteiger partial charge in [0.2, 0.25) is 5.91 Å². The highest BCUT2D eigenvalue weighted by Crippen LogP contribution is 2.19. The molecule has 1 amide bonds. The summed E-state index contributed by atoms with van der Waals surface area (Å²) in [7, 11) is 0. The molecule has 1 aliphatic rings. The van der Waals surface area contributed by atoms with Gasteiger partial charge in [-0.15, -0.1) is 11.8 Å². The van der Waals surface area contributed by atoms with Crippen molar-refractivity contribution in [3.05, 3.63) is 0 Å². The Morgan fingerprint density at radius 1 is 1.44 bits per heavy atom. The Hall–Kier alpha value is -0.750. The van der Waals surface area contributed by atoms with E-state index in [-0.39, 0.29) is 5.91 Å². The van der Waals surface area contributed by atoms with Gasteiger partial charge in [0.05, 0.1) is 5.75 Å². The highest BCUT2D eigenvalue weighted by molar-refractivity contribution is 8.00. The summed E-state index contributed by atoms with van der Waals surface area (Å²) >= 11 is 1.63. The summed E-state index contributed by atoms with van der Waals surface area (Å²) in [4.78, 5) is 22.6. The van der Waals surface area contributed by atoms with E-state index in [1.165, 1.54) is 0 Å². The highest BCUT2D eigenvalue weighted by atomic mass is 32.2. The molecule has 0 aromatic rings. The predicted molar refractivity (Wildman–Crippen MR) is 72.8 cm³/mol. The SMILES string of the molecule is CCC[C@H](NC(=O)CSC1CCNCC1)C(=O)O. The Labute approximate surface area is 112 Å². The third kappa shape index (κ3) is 5.73. The van der Waals surface area contributed by atoms with Gasteiger partial charge in [-0.25, -0.2) is 4.79 Å². The van der Waals surface area contributed by atoms with Crippen LogP contribution in [0.4, 0.5) is 0 Å². The van der Waals surface area contributed by atoms with Crippen LogP contribution in [-0.2, 0) is 9.59 Å². The van der Waals surface area contributed by atoms with Crippen molar-refractivity contribution >= 4 is 23.6 Å². The van der Waals surface area contributed by atoms with Gasteiger partial charge in [-0.2, -0.15) is 0 Å². The molecule has 0 spiro atoms. The number of thioether (sulfide) groups is 1. The van der Waals surface area contributed by atoms with Crippen molar-refractivity contribution in [3.63, 3.8) is 0 Å². The Morgan fingerprint density at radius 3 is 2.67 bits per heavy atom. The number of aliphatic carboxylic acids is 1. The molecule has 0 saturated carbocycles. The quantitative estimate of drug-likeness (QED) is 0.641. The van der Waals surface area contributed by atoms with E-state index in [1.54, 1.807) is 11.8 Å². The highest BCUT2D eigenvalue weighted by Gasteiger charge is 2.20. The lowest BCUT2D eigenvalue weighted by Crippen LogP contribution is -2.42. The third-order valence-corrected chi connectivity index (χ3v) is 4.32. The van der Waals surface area contributed by atoms with E-state index in [9.17, 15) is 9.59 Å². The molecule has 0 radical (unpaired) electrons. The van der Waals surface area contributed by atoms with Gasteiger partial charge < -0.3 is 15.7 Å². The first-order chi connectivity index (χ1) is 8.63. The summed E-state index contributed by atoms with van der Waals surface area (Å²) in [5.41, 5.74) is 0. The summed E-state index contributed by atoms with van der Waals surface area (Å²) in [5.74, 6) is -0.755. The molecule has 5 nitrogen and oxygen atoms in total. The molecule has 0 bridgehead atoms. The van der Waals surface area contributed by atoms with Gasteiger partial charge in [0.15, 0.2) is 0 Å². The fraction of sp³-hybridized carbons (Fsp3) is 0.833. The van der Waals surface area contributed by atoms with Crippen LogP contribution >= 0.6 is 11.8 Å². The number of carboxylic acids is 1. The van der Waals surface area contributed by atoms with Crippen LogP contribution in [0.5, 0.6) is 0 Å². The van der Waals surface area contributed by atoms with Gasteiger partial charge >= 0.3 is 5.97 Å². The van der Waals surface area contributed by atoms with Gasteiger partial charge in [-0.1, -0.05) is 13.3 Å². The number of amides is 1. The average Bonchev–Trinajstić information content (AvgIpc) is 2.37. The molecule has 0 aliphatic carbocycles. The second kappa shape index (κ2) is 8.37. The number of hydrogen-bond donors (Lipinski definition) is 3. The molecular formula is C12H22N2O3S. The number of carbonyl (C=O) groups excluding carboxylic acids is 1. The zero-order valence-corrected chi connectivity index (χ0v) is 11.6. The van der Waals surface area contributed by atoms with E-state index in [1.807, 2.05) is 6.92 Å². The fourth-order valence-electron chi connectivity index (χ4n) is 1.94. The zero-order chi connectivity index (χ0) is 13.4. The van der Waals surface area contributed by atoms with E-state index in [4.69, 9.17) is 5.11 Å². The molecule has 1 rings (SSSR count). The van der Waals surface area contributed by atoms with Crippen molar-refractivity contribution in [2.24, 2.45) is 0 Å². The van der Waals surface area contributed by atoms with Gasteiger partial charge in [0.1, 0.15) is 6.04 Å². The molecule has 6 heteroatoms. The maximum Gasteiger partial charge on any atom is 0.326 e. The molecule has 18 heavy (non-hydrogen) atoms. The zero-order valence-electron chi connectivity index (χ0n) is 10.8. The monoisotopic (exact) mass is 274 g/mol. The minimum absolute atomic E-state index is 0.167. The number of hydrogen-bond acceptors (Lipinski definition) is 4. The van der Waals surface area contributed by atoms with Crippen LogP contribution in [0.3, 0.4) is 0 Å². The summed E-state index contributed by atoms with van der Waals surface area (Å²) in [5, 5.41) is 15.3. The summed E-state index contributed by atoms with van der Waals surface area (Å²) in [6, 6.07) is -0.740. The molecular weight excluding hydrogens is 252 g/mol. The molecule has 1 fully saturated rings. The fourth-order valence-corrected chi connectivity index (χ4v) is 2.98. The Morgan fingerprint density at radius 2 is 2.11 bits per heavy atom. The first-order valence-corrected chi connectivity index (χ1v) is 7.52. The van der Waals surface area contributed by atoms with Crippen LogP contribution in [0.2, 0.25) is 0 Å². The van der Waals surface area contributed by atoms with Crippen LogP contribution < -0.4 is 10.6 Å². The van der Waals surface area contributed by atoms with Crippen LogP contribution in [0.25, 0.3) is 0 Å². The predicted octanol–water partition coefficient (Wildman–Crippen LogP) is 0.841. The largest absolute Gasteiger partial charge is 0.480 e. The van der Waals surface area contributed by atoms with E-state index in [0.717, 1.165) is 32.4 Å². The van der Waals surface area contributed by atoms with Crippen LogP contribution in [0.15, 0.2) is 0 Å². The van der Waals surface area contributed by atoms with Crippen LogP contribution in [0.1, 0.15) is 32.6 Å². The molecule has 1 heterocycles. The molecule has 1 aliphatic heterocycles. The molecule has 3 N–H and O–H groups in total. The lowest BCUT2D eigenvalue weighted by Gasteiger charge is -2.22. The minimum atomic E-state index is -0.947. The second-order valence-corrected chi connectivity index (χ2v) is 5.80. The van der Waals surface area contributed by atoms with Crippen molar-refractivity contribution in [2.75, 3.05) is 18.8 Å². The first-order valence-electron chi connectivity index (χ1n) is 6.48. The second-order valence-electron chi connectivity index (χ2n) is 4.51. The average molecular weight is 274 g/mol. The molecule has 104 valence electrons. The maximum atomic E-state index is 11.7. The number of rotatable bonds is 7. The summed E-state index contributed by atoms with van der Waals surface area (Å²) in [6.45, 7) is 3.92. The summed E-state index contributed by atoms with van der Waals surface area (Å²) in [6.07, 6.45) is 3.39. The number of carboxylic acid groups (broad SMARTS) is 1. The van der Waals surface area contributed by atoms with E-state index >= 15 is 0 Å². The molecule has 0 aromatic carbocycles. The number of carbonyl (C=O) groups is 2. The minimum Gasteiger partial charge on any atom is -0.480 e. The van der Waals surface area contributed by atoms with Gasteiger partial charge in [-0.05, 0) is 32.4 Å². The molecule has 0 unspecified atom stereocenters. The van der Waals surface area contributed by atoms with E-state index in [0.29, 0.717) is 17.4 Å². The Balaban J connectivity index is 2.24. The van der Waals surface area contributed by atoms with E-state index in [2.05, 4.69) is 10.6 Å². The van der Waals surface area contributed by atoms with E-state index < -0.39 is 12.0 Å². The van der Waals surface area contributed by atoms with Crippen LogP contribution in [0, 0.1) is 0 Å². The van der Waals surface area contributed by atoms with Crippen LogP contribution in [-0.4, -0.2) is 47.1 Å². The number of piperidine rings is 1. The lowest BCUT2D eigenvalue weighted by atomic mass is 10.2. The van der Waals surface area contributed by atoms with Crippen molar-refractivity contribution in [3.8, 4) is 0 Å². The third-order valence-electron chi connectivity index (χ3n) is 2.95. The normalized spacial score (nSPS) is 18.3. The Kier molecular flexibility index (Phi) is 7.12. The maximum absolute atomic E-state index is 11.7. The molecule has 1 atom stereocenters. The molecule has 0 aromatic heterocycles. The topological polar surface area (TPSA) is 78.4 Å². The van der Waals surface area contributed by atoms with Crippen molar-refractivity contribution in [2.45, 2.75) is 43.9 Å². The van der Waals surface area contributed by atoms with Gasteiger partial charge in [0.25, 0.3) is 0 Å². The molecule has 1 saturated heterocycles. The lowest BCUT2D eigenvalue weighted by molar-refractivity contribution is -0.141. The van der Waals surface area contributed by atoms with Crippen molar-refractivity contribution in [1.29, 1.82) is 0 Å². The van der Waals surface area contributed by atoms with Gasteiger partial charge in [-0.3, -0.25) is 4.79 Å². The van der Waals surface area contributed by atoms with Gasteiger partial charge in [0, 0.05) is 5.25 Å². The standard InChI is InChI=1S/C12H22N2O3S/c1-2-3-10(12(16)17)14-11(15)8-18-9-4-6-13-7-5-9/h9-10,13H,2-8H2,1H3,(H,14,15)(H,16,17)/t10-/m0/s1. The van der Waals surface area contributed by atoms with Crippen molar-refractivity contribution < 1.29 is 14.7 Å². The first kappa shape index (κ1) is 15.3. The van der Waals surface area contributed by atoms with Crippen molar-refractivity contribution in [1.82, 2.24) is 10.6 Å². The smallest absolute Gasteiger partial charge is 0.326 e. The summed E-state index contributed by atoms with van der Waals surface area (Å²) < 4.78 is 0. The number of nitrogens with one attached hydrogen (secondary N) is 2.